The summed E-state index contributed by atoms with van der Waals surface area (Å²) in [7, 11) is 1.90. The van der Waals surface area contributed by atoms with E-state index >= 15 is 0 Å². The van der Waals surface area contributed by atoms with Crippen molar-refractivity contribution in [2.24, 2.45) is 7.05 Å². The molecular weight excluding hydrogens is 252 g/mol. The molecule has 1 amide bonds. The number of benzene rings is 1. The Hall–Kier alpha value is -2.30. The summed E-state index contributed by atoms with van der Waals surface area (Å²) >= 11 is 0. The van der Waals surface area contributed by atoms with Crippen LogP contribution in [-0.4, -0.2) is 15.7 Å². The van der Waals surface area contributed by atoms with Gasteiger partial charge in [0.15, 0.2) is 0 Å². The highest BCUT2D eigenvalue weighted by Crippen LogP contribution is 2.13. The Bertz CT molecular complexity index is 638. The van der Waals surface area contributed by atoms with Gasteiger partial charge in [0.25, 0.3) is 5.91 Å². The highest BCUT2D eigenvalue weighted by molar-refractivity contribution is 5.95. The Morgan fingerprint density at radius 3 is 2.55 bits per heavy atom. The molecule has 106 valence electrons. The van der Waals surface area contributed by atoms with E-state index in [0.717, 1.165) is 22.5 Å². The van der Waals surface area contributed by atoms with Gasteiger partial charge in [0.1, 0.15) is 0 Å². The number of nitrogens with one attached hydrogen (secondary N) is 1. The van der Waals surface area contributed by atoms with E-state index in [1.165, 1.54) is 0 Å². The molecule has 5 heteroatoms. The Morgan fingerprint density at radius 1 is 1.30 bits per heavy atom. The summed E-state index contributed by atoms with van der Waals surface area (Å²) in [6.45, 7) is 6.33. The fourth-order valence-electron chi connectivity index (χ4n) is 2.29. The Morgan fingerprint density at radius 2 is 2.00 bits per heavy atom. The molecule has 0 unspecified atom stereocenters. The number of hydrogen-bond donors (Lipinski definition) is 2. The maximum atomic E-state index is 12.2. The molecule has 0 radical (unpaired) electrons. The number of hydrogen-bond acceptors (Lipinski definition) is 3. The van der Waals surface area contributed by atoms with E-state index in [-0.39, 0.29) is 5.91 Å². The Labute approximate surface area is 118 Å². The lowest BCUT2D eigenvalue weighted by molar-refractivity contribution is 0.0951. The van der Waals surface area contributed by atoms with Crippen LogP contribution in [0.25, 0.3) is 0 Å². The minimum atomic E-state index is -0.122. The average molecular weight is 272 g/mol. The molecule has 1 aromatic heterocycles. The highest BCUT2D eigenvalue weighted by atomic mass is 16.1. The SMILES string of the molecule is Cc1cc(N)cc(C(=O)NCc2c(C)nn(C)c2C)c1. The van der Waals surface area contributed by atoms with Crippen LogP contribution in [0.3, 0.4) is 0 Å². The van der Waals surface area contributed by atoms with Crippen molar-refractivity contribution in [3.8, 4) is 0 Å². The van der Waals surface area contributed by atoms with Crippen molar-refractivity contribution in [1.29, 1.82) is 0 Å². The van der Waals surface area contributed by atoms with Gasteiger partial charge in [-0.15, -0.1) is 0 Å². The smallest absolute Gasteiger partial charge is 0.251 e. The summed E-state index contributed by atoms with van der Waals surface area (Å²) in [5, 5.41) is 7.25. The molecule has 0 aliphatic heterocycles. The fraction of sp³-hybridized carbons (Fsp3) is 0.333. The van der Waals surface area contributed by atoms with Gasteiger partial charge in [0, 0.05) is 36.1 Å². The largest absolute Gasteiger partial charge is 0.399 e. The van der Waals surface area contributed by atoms with Gasteiger partial charge < -0.3 is 11.1 Å². The monoisotopic (exact) mass is 272 g/mol. The van der Waals surface area contributed by atoms with Crippen LogP contribution >= 0.6 is 0 Å². The molecule has 3 N–H and O–H groups in total. The standard InChI is InChI=1S/C15H20N4O/c1-9-5-12(7-13(16)6-9)15(20)17-8-14-10(2)18-19(4)11(14)3/h5-7H,8,16H2,1-4H3,(H,17,20). The van der Waals surface area contributed by atoms with Crippen LogP contribution in [0, 0.1) is 20.8 Å². The van der Waals surface area contributed by atoms with Gasteiger partial charge in [-0.05, 0) is 44.5 Å². The van der Waals surface area contributed by atoms with Gasteiger partial charge in [-0.25, -0.2) is 0 Å². The first-order valence-electron chi connectivity index (χ1n) is 6.53. The Balaban J connectivity index is 2.12. The quantitative estimate of drug-likeness (QED) is 0.838. The van der Waals surface area contributed by atoms with Crippen LogP contribution < -0.4 is 11.1 Å². The van der Waals surface area contributed by atoms with Crippen LogP contribution in [0.2, 0.25) is 0 Å². The number of carbonyl (C=O) groups is 1. The molecule has 0 saturated carbocycles. The molecule has 0 atom stereocenters. The predicted molar refractivity (Wildman–Crippen MR) is 79.4 cm³/mol. The lowest BCUT2D eigenvalue weighted by atomic mass is 10.1. The maximum Gasteiger partial charge on any atom is 0.251 e. The number of aromatic nitrogens is 2. The third-order valence-electron chi connectivity index (χ3n) is 3.45. The summed E-state index contributed by atoms with van der Waals surface area (Å²) < 4.78 is 1.82. The number of rotatable bonds is 3. The summed E-state index contributed by atoms with van der Waals surface area (Å²) in [5.74, 6) is -0.122. The zero-order valence-corrected chi connectivity index (χ0v) is 12.3. The molecule has 2 aromatic rings. The number of nitrogens with zero attached hydrogens (tertiary/aromatic N) is 2. The van der Waals surface area contributed by atoms with Crippen LogP contribution in [-0.2, 0) is 13.6 Å². The van der Waals surface area contributed by atoms with Crippen LogP contribution in [0.5, 0.6) is 0 Å². The first-order valence-corrected chi connectivity index (χ1v) is 6.53. The van der Waals surface area contributed by atoms with E-state index in [1.807, 2.05) is 44.6 Å². The number of amides is 1. The molecule has 1 heterocycles. The first kappa shape index (κ1) is 14.1. The van der Waals surface area contributed by atoms with Crippen molar-refractivity contribution in [1.82, 2.24) is 15.1 Å². The number of aryl methyl sites for hydroxylation is 3. The third kappa shape index (κ3) is 2.82. The van der Waals surface area contributed by atoms with Gasteiger partial charge in [-0.1, -0.05) is 0 Å². The highest BCUT2D eigenvalue weighted by Gasteiger charge is 2.12. The molecule has 0 bridgehead atoms. The summed E-state index contributed by atoms with van der Waals surface area (Å²) in [6.07, 6.45) is 0. The number of nitrogens with two attached hydrogens (primary N) is 1. The summed E-state index contributed by atoms with van der Waals surface area (Å²) in [6, 6.07) is 5.35. The Kier molecular flexibility index (Phi) is 3.79. The van der Waals surface area contributed by atoms with Gasteiger partial charge in [0.2, 0.25) is 0 Å². The summed E-state index contributed by atoms with van der Waals surface area (Å²) in [5.41, 5.74) is 11.0. The average Bonchev–Trinajstić information content (AvgIpc) is 2.60. The van der Waals surface area contributed by atoms with Crippen molar-refractivity contribution in [2.45, 2.75) is 27.3 Å². The molecule has 20 heavy (non-hydrogen) atoms. The molecule has 5 nitrogen and oxygen atoms in total. The van der Waals surface area contributed by atoms with Crippen molar-refractivity contribution >= 4 is 11.6 Å². The summed E-state index contributed by atoms with van der Waals surface area (Å²) in [4.78, 5) is 12.2. The van der Waals surface area contributed by atoms with Crippen molar-refractivity contribution in [3.63, 3.8) is 0 Å². The van der Waals surface area contributed by atoms with Crippen LogP contribution in [0.4, 0.5) is 5.69 Å². The molecular formula is C15H20N4O. The molecule has 0 saturated heterocycles. The fourth-order valence-corrected chi connectivity index (χ4v) is 2.29. The maximum absolute atomic E-state index is 12.2. The lowest BCUT2D eigenvalue weighted by Gasteiger charge is -2.07. The van der Waals surface area contributed by atoms with E-state index < -0.39 is 0 Å². The lowest BCUT2D eigenvalue weighted by Crippen LogP contribution is -2.23. The molecule has 0 aliphatic carbocycles. The second kappa shape index (κ2) is 5.36. The van der Waals surface area contributed by atoms with Crippen LogP contribution in [0.1, 0.15) is 32.9 Å². The van der Waals surface area contributed by atoms with E-state index in [1.54, 1.807) is 6.07 Å². The van der Waals surface area contributed by atoms with E-state index in [2.05, 4.69) is 10.4 Å². The minimum absolute atomic E-state index is 0.122. The van der Waals surface area contributed by atoms with Gasteiger partial charge in [-0.2, -0.15) is 5.10 Å². The van der Waals surface area contributed by atoms with Crippen molar-refractivity contribution < 1.29 is 4.79 Å². The van der Waals surface area contributed by atoms with E-state index in [9.17, 15) is 4.79 Å². The first-order chi connectivity index (χ1) is 9.38. The van der Waals surface area contributed by atoms with Gasteiger partial charge in [0.05, 0.1) is 5.69 Å². The normalized spacial score (nSPS) is 10.6. The second-order valence-electron chi connectivity index (χ2n) is 5.09. The second-order valence-corrected chi connectivity index (χ2v) is 5.09. The van der Waals surface area contributed by atoms with Gasteiger partial charge in [-0.3, -0.25) is 9.48 Å². The minimum Gasteiger partial charge on any atom is -0.399 e. The molecule has 0 spiro atoms. The van der Waals surface area contributed by atoms with Crippen molar-refractivity contribution in [3.05, 3.63) is 46.3 Å². The zero-order chi connectivity index (χ0) is 14.9. The number of anilines is 1. The predicted octanol–water partition coefficient (Wildman–Crippen LogP) is 1.86. The van der Waals surface area contributed by atoms with E-state index in [0.29, 0.717) is 17.8 Å². The molecule has 0 aliphatic rings. The third-order valence-corrected chi connectivity index (χ3v) is 3.45. The van der Waals surface area contributed by atoms with Crippen molar-refractivity contribution in [2.75, 3.05) is 5.73 Å². The topological polar surface area (TPSA) is 72.9 Å². The molecule has 2 rings (SSSR count). The molecule has 1 aromatic carbocycles. The van der Waals surface area contributed by atoms with Gasteiger partial charge >= 0.3 is 0 Å². The number of carbonyl (C=O) groups excluding carboxylic acids is 1. The van der Waals surface area contributed by atoms with Crippen LogP contribution in [0.15, 0.2) is 18.2 Å². The number of nitrogen functional groups attached to an aromatic ring is 1. The van der Waals surface area contributed by atoms with E-state index in [4.69, 9.17) is 5.73 Å². The molecule has 0 fully saturated rings. The zero-order valence-electron chi connectivity index (χ0n) is 12.3.